The van der Waals surface area contributed by atoms with Crippen molar-refractivity contribution in [3.8, 4) is 0 Å². The third-order valence-corrected chi connectivity index (χ3v) is 2.06. The molecule has 2 heteroatoms. The third kappa shape index (κ3) is 3.36. The summed E-state index contributed by atoms with van der Waals surface area (Å²) in [6.45, 7) is 8.38. The number of amidine groups is 1. The predicted molar refractivity (Wildman–Crippen MR) is 61.6 cm³/mol. The van der Waals surface area contributed by atoms with Gasteiger partial charge < -0.3 is 5.32 Å². The van der Waals surface area contributed by atoms with Crippen molar-refractivity contribution in [2.45, 2.75) is 39.7 Å². The Morgan fingerprint density at radius 3 is 2.64 bits per heavy atom. The zero-order chi connectivity index (χ0) is 10.8. The molecule has 78 valence electrons. The van der Waals surface area contributed by atoms with E-state index in [1.54, 1.807) is 0 Å². The molecule has 1 aliphatic rings. The van der Waals surface area contributed by atoms with Crippen molar-refractivity contribution in [3.63, 3.8) is 0 Å². The van der Waals surface area contributed by atoms with E-state index >= 15 is 0 Å². The minimum Gasteiger partial charge on any atom is -0.365 e. The number of nitrogens with one attached hydrogen (secondary N) is 2. The van der Waals surface area contributed by atoms with E-state index in [1.807, 2.05) is 6.08 Å². The van der Waals surface area contributed by atoms with Crippen LogP contribution in [0, 0.1) is 11.3 Å². The molecule has 0 radical (unpaired) electrons. The summed E-state index contributed by atoms with van der Waals surface area (Å²) in [5.74, 6) is 1.08. The molecular weight excluding hydrogens is 172 g/mol. The largest absolute Gasteiger partial charge is 0.365 e. The Balaban J connectivity index is 2.66. The van der Waals surface area contributed by atoms with Crippen molar-refractivity contribution < 1.29 is 0 Å². The molecule has 0 fully saturated rings. The molecule has 0 saturated heterocycles. The van der Waals surface area contributed by atoms with Crippen molar-refractivity contribution in [3.05, 3.63) is 23.8 Å². The van der Waals surface area contributed by atoms with E-state index in [4.69, 9.17) is 5.41 Å². The minimum absolute atomic E-state index is 0.0353. The molecule has 0 aromatic rings. The fourth-order valence-corrected chi connectivity index (χ4v) is 1.45. The van der Waals surface area contributed by atoms with Gasteiger partial charge in [-0.25, -0.2) is 0 Å². The smallest absolute Gasteiger partial charge is 0.125 e. The van der Waals surface area contributed by atoms with Gasteiger partial charge in [0.05, 0.1) is 0 Å². The summed E-state index contributed by atoms with van der Waals surface area (Å²) in [6, 6.07) is 0. The number of allylic oxidation sites excluding steroid dienone is 2. The Hall–Kier alpha value is -1.05. The average Bonchev–Trinajstić information content (AvgIpc) is 2.01. The van der Waals surface area contributed by atoms with Gasteiger partial charge in [-0.2, -0.15) is 0 Å². The van der Waals surface area contributed by atoms with Crippen LogP contribution in [0.25, 0.3) is 0 Å². The standard InChI is InChI=1S/C12H20N2/c1-9-6-5-7-10(8-9)11(13)14-12(2,3)4/h5,7-9H,6H2,1-4H3,(H2,13,14). The fraction of sp³-hybridized carbons (Fsp3) is 0.583. The highest BCUT2D eigenvalue weighted by Gasteiger charge is 2.14. The maximum Gasteiger partial charge on any atom is 0.125 e. The summed E-state index contributed by atoms with van der Waals surface area (Å²) in [5, 5.41) is 11.1. The van der Waals surface area contributed by atoms with Gasteiger partial charge in [-0.15, -0.1) is 0 Å². The first-order valence-corrected chi connectivity index (χ1v) is 5.14. The van der Waals surface area contributed by atoms with E-state index in [2.05, 4.69) is 45.2 Å². The molecule has 1 rings (SSSR count). The summed E-state index contributed by atoms with van der Waals surface area (Å²) in [7, 11) is 0. The lowest BCUT2D eigenvalue weighted by Crippen LogP contribution is -2.41. The predicted octanol–water partition coefficient (Wildman–Crippen LogP) is 2.87. The first-order chi connectivity index (χ1) is 6.38. The molecule has 0 heterocycles. The van der Waals surface area contributed by atoms with E-state index in [1.165, 1.54) is 0 Å². The van der Waals surface area contributed by atoms with Crippen LogP contribution in [-0.4, -0.2) is 11.4 Å². The highest BCUT2D eigenvalue weighted by molar-refractivity contribution is 5.99. The van der Waals surface area contributed by atoms with E-state index in [-0.39, 0.29) is 5.54 Å². The van der Waals surface area contributed by atoms with Crippen molar-refractivity contribution >= 4 is 5.84 Å². The van der Waals surface area contributed by atoms with Gasteiger partial charge in [0, 0.05) is 11.1 Å². The number of hydrogen-bond donors (Lipinski definition) is 2. The first kappa shape index (κ1) is 11.0. The number of hydrogen-bond acceptors (Lipinski definition) is 1. The van der Waals surface area contributed by atoms with E-state index in [0.29, 0.717) is 11.8 Å². The molecule has 0 amide bonds. The Bertz CT molecular complexity index is 279. The molecule has 2 N–H and O–H groups in total. The summed E-state index contributed by atoms with van der Waals surface area (Å²) >= 11 is 0. The maximum absolute atomic E-state index is 7.90. The Morgan fingerprint density at radius 2 is 2.14 bits per heavy atom. The van der Waals surface area contributed by atoms with Gasteiger partial charge in [0.2, 0.25) is 0 Å². The fourth-order valence-electron chi connectivity index (χ4n) is 1.45. The molecular formula is C12H20N2. The lowest BCUT2D eigenvalue weighted by Gasteiger charge is -2.24. The summed E-state index contributed by atoms with van der Waals surface area (Å²) in [5.41, 5.74) is 0.977. The Kier molecular flexibility index (Phi) is 3.14. The van der Waals surface area contributed by atoms with Gasteiger partial charge >= 0.3 is 0 Å². The highest BCUT2D eigenvalue weighted by atomic mass is 15.0. The molecule has 0 aromatic carbocycles. The number of rotatable bonds is 1. The zero-order valence-electron chi connectivity index (χ0n) is 9.52. The molecule has 1 aliphatic carbocycles. The molecule has 0 aliphatic heterocycles. The molecule has 0 bridgehead atoms. The quantitative estimate of drug-likeness (QED) is 0.486. The van der Waals surface area contributed by atoms with Gasteiger partial charge in [0.1, 0.15) is 5.84 Å². The second-order valence-electron chi connectivity index (χ2n) is 4.99. The van der Waals surface area contributed by atoms with Crippen LogP contribution in [0.4, 0.5) is 0 Å². The monoisotopic (exact) mass is 192 g/mol. The summed E-state index contributed by atoms with van der Waals surface area (Å²) in [6.07, 6.45) is 7.41. The van der Waals surface area contributed by atoms with Gasteiger partial charge in [-0.3, -0.25) is 5.41 Å². The molecule has 0 saturated carbocycles. The molecule has 2 nitrogen and oxygen atoms in total. The topological polar surface area (TPSA) is 35.9 Å². The Labute approximate surface area is 86.6 Å². The Morgan fingerprint density at radius 1 is 1.50 bits per heavy atom. The van der Waals surface area contributed by atoms with Crippen LogP contribution >= 0.6 is 0 Å². The van der Waals surface area contributed by atoms with Crippen LogP contribution < -0.4 is 5.32 Å². The molecule has 0 spiro atoms. The second-order valence-corrected chi connectivity index (χ2v) is 4.99. The highest BCUT2D eigenvalue weighted by Crippen LogP contribution is 2.16. The molecule has 0 aromatic heterocycles. The van der Waals surface area contributed by atoms with Crippen molar-refractivity contribution in [1.29, 1.82) is 5.41 Å². The van der Waals surface area contributed by atoms with E-state index in [9.17, 15) is 0 Å². The van der Waals surface area contributed by atoms with Crippen LogP contribution in [0.1, 0.15) is 34.1 Å². The summed E-state index contributed by atoms with van der Waals surface area (Å²) < 4.78 is 0. The SMILES string of the molecule is CC1C=C(C(=N)NC(C)(C)C)C=CC1. The minimum atomic E-state index is -0.0353. The van der Waals surface area contributed by atoms with Gasteiger partial charge in [-0.1, -0.05) is 25.2 Å². The molecule has 14 heavy (non-hydrogen) atoms. The first-order valence-electron chi connectivity index (χ1n) is 5.14. The lowest BCUT2D eigenvalue weighted by molar-refractivity contribution is 0.510. The third-order valence-electron chi connectivity index (χ3n) is 2.06. The van der Waals surface area contributed by atoms with Gasteiger partial charge in [0.25, 0.3) is 0 Å². The molecule has 1 atom stereocenters. The summed E-state index contributed by atoms with van der Waals surface area (Å²) in [4.78, 5) is 0. The van der Waals surface area contributed by atoms with Gasteiger partial charge in [0.15, 0.2) is 0 Å². The molecule has 1 unspecified atom stereocenters. The lowest BCUT2D eigenvalue weighted by atomic mass is 9.96. The van der Waals surface area contributed by atoms with Crippen LogP contribution in [-0.2, 0) is 0 Å². The second kappa shape index (κ2) is 3.99. The van der Waals surface area contributed by atoms with E-state index in [0.717, 1.165) is 12.0 Å². The van der Waals surface area contributed by atoms with Crippen LogP contribution in [0.15, 0.2) is 23.8 Å². The van der Waals surface area contributed by atoms with Crippen molar-refractivity contribution in [2.24, 2.45) is 5.92 Å². The maximum atomic E-state index is 7.90. The van der Waals surface area contributed by atoms with Crippen molar-refractivity contribution in [1.82, 2.24) is 5.32 Å². The van der Waals surface area contributed by atoms with E-state index < -0.39 is 0 Å². The van der Waals surface area contributed by atoms with Crippen LogP contribution in [0.3, 0.4) is 0 Å². The van der Waals surface area contributed by atoms with Crippen LogP contribution in [0.2, 0.25) is 0 Å². The average molecular weight is 192 g/mol. The van der Waals surface area contributed by atoms with Crippen molar-refractivity contribution in [2.75, 3.05) is 0 Å². The van der Waals surface area contributed by atoms with Gasteiger partial charge in [-0.05, 0) is 33.1 Å². The normalized spacial score (nSPS) is 21.7. The zero-order valence-corrected chi connectivity index (χ0v) is 9.52. The van der Waals surface area contributed by atoms with Crippen LogP contribution in [0.5, 0.6) is 0 Å².